The number of nitrogens with one attached hydrogen (secondary N) is 1. The lowest BCUT2D eigenvalue weighted by atomic mass is 9.95. The Morgan fingerprint density at radius 1 is 0.978 bits per heavy atom. The van der Waals surface area contributed by atoms with Crippen molar-refractivity contribution in [2.75, 3.05) is 50.7 Å². The number of carboxylic acid groups (broad SMARTS) is 1. The quantitative estimate of drug-likeness (QED) is 0.334. The number of hydrogen-bond acceptors (Lipinski definition) is 6. The SMILES string of the molecule is CC(C)(Oc1cccc(N2CCCC(C(=O)N(Cc3ccc(-c4cn[nH]c4)cc3)CC3CC3)C2)c1)C(=O)N1CCN(C(=O)O)CC1. The normalized spacial score (nSPS) is 18.7. The summed E-state index contributed by atoms with van der Waals surface area (Å²) >= 11 is 0. The molecule has 2 saturated heterocycles. The lowest BCUT2D eigenvalue weighted by molar-refractivity contribution is -0.147. The molecule has 244 valence electrons. The van der Waals surface area contributed by atoms with Gasteiger partial charge in [0.05, 0.1) is 12.1 Å². The molecule has 46 heavy (non-hydrogen) atoms. The van der Waals surface area contributed by atoms with Crippen LogP contribution < -0.4 is 9.64 Å². The smallest absolute Gasteiger partial charge is 0.407 e. The molecule has 1 atom stereocenters. The van der Waals surface area contributed by atoms with Crippen molar-refractivity contribution in [2.45, 2.75) is 51.7 Å². The van der Waals surface area contributed by atoms with E-state index in [-0.39, 0.29) is 30.8 Å². The first-order valence-corrected chi connectivity index (χ1v) is 16.3. The molecule has 1 aromatic heterocycles. The molecule has 11 heteroatoms. The highest BCUT2D eigenvalue weighted by atomic mass is 16.5. The largest absolute Gasteiger partial charge is 0.478 e. The molecule has 6 rings (SSSR count). The number of nitrogens with zero attached hydrogens (tertiary/aromatic N) is 5. The van der Waals surface area contributed by atoms with E-state index in [0.29, 0.717) is 37.8 Å². The molecule has 0 radical (unpaired) electrons. The van der Waals surface area contributed by atoms with E-state index in [1.165, 1.54) is 17.7 Å². The Hall–Kier alpha value is -4.54. The second-order valence-corrected chi connectivity index (χ2v) is 13.3. The summed E-state index contributed by atoms with van der Waals surface area (Å²) in [4.78, 5) is 45.9. The third-order valence-electron chi connectivity index (χ3n) is 9.32. The Bertz CT molecular complexity index is 1510. The third-order valence-corrected chi connectivity index (χ3v) is 9.32. The van der Waals surface area contributed by atoms with Crippen molar-refractivity contribution < 1.29 is 24.2 Å². The van der Waals surface area contributed by atoms with E-state index in [4.69, 9.17) is 4.74 Å². The maximum atomic E-state index is 14.0. The van der Waals surface area contributed by atoms with Crippen molar-refractivity contribution >= 4 is 23.6 Å². The number of piperazine rings is 1. The van der Waals surface area contributed by atoms with Gasteiger partial charge < -0.3 is 29.4 Å². The zero-order valence-corrected chi connectivity index (χ0v) is 26.7. The molecule has 3 amide bonds. The zero-order valence-electron chi connectivity index (χ0n) is 26.7. The summed E-state index contributed by atoms with van der Waals surface area (Å²) in [5.41, 5.74) is 3.11. The van der Waals surface area contributed by atoms with Gasteiger partial charge in [-0.3, -0.25) is 14.7 Å². The number of piperidine rings is 1. The van der Waals surface area contributed by atoms with Gasteiger partial charge in [-0.2, -0.15) is 5.10 Å². The van der Waals surface area contributed by atoms with Crippen molar-refractivity contribution in [1.29, 1.82) is 0 Å². The summed E-state index contributed by atoms with van der Waals surface area (Å²) in [6.07, 6.45) is 6.88. The van der Waals surface area contributed by atoms with Crippen LogP contribution in [0.2, 0.25) is 0 Å². The van der Waals surface area contributed by atoms with Crippen LogP contribution in [0.15, 0.2) is 60.9 Å². The first kappa shape index (κ1) is 31.4. The van der Waals surface area contributed by atoms with Crippen molar-refractivity contribution in [3.05, 3.63) is 66.5 Å². The van der Waals surface area contributed by atoms with Gasteiger partial charge >= 0.3 is 6.09 Å². The number of hydrogen-bond donors (Lipinski definition) is 2. The van der Waals surface area contributed by atoms with Gasteiger partial charge in [0.1, 0.15) is 5.75 Å². The van der Waals surface area contributed by atoms with Crippen molar-refractivity contribution in [2.24, 2.45) is 11.8 Å². The summed E-state index contributed by atoms with van der Waals surface area (Å²) in [6.45, 7) is 7.66. The number of aromatic nitrogens is 2. The minimum absolute atomic E-state index is 0.0928. The van der Waals surface area contributed by atoms with Crippen LogP contribution in [0.5, 0.6) is 5.75 Å². The third kappa shape index (κ3) is 7.46. The Kier molecular flexibility index (Phi) is 9.19. The number of ether oxygens (including phenoxy) is 1. The van der Waals surface area contributed by atoms with E-state index in [1.807, 2.05) is 36.7 Å². The van der Waals surface area contributed by atoms with E-state index in [9.17, 15) is 19.5 Å². The van der Waals surface area contributed by atoms with Gasteiger partial charge in [-0.1, -0.05) is 30.3 Å². The standard InChI is InChI=1S/C35H44N6O5/c1-35(2,33(43)38-15-17-39(18-16-38)34(44)45)46-31-7-3-6-30(19-31)40-14-4-5-28(24-40)32(42)41(22-25-8-9-25)23-26-10-12-27(13-11-26)29-20-36-37-21-29/h3,6-7,10-13,19-21,25,28H,4-5,8-9,14-18,22-24H2,1-2H3,(H,36,37)(H,44,45). The second kappa shape index (κ2) is 13.4. The zero-order chi connectivity index (χ0) is 32.3. The van der Waals surface area contributed by atoms with Gasteiger partial charge in [0.15, 0.2) is 5.60 Å². The Morgan fingerprint density at radius 3 is 2.39 bits per heavy atom. The molecule has 3 aliphatic rings. The van der Waals surface area contributed by atoms with E-state index in [0.717, 1.165) is 48.3 Å². The molecule has 2 aromatic carbocycles. The molecule has 0 bridgehead atoms. The van der Waals surface area contributed by atoms with Crippen LogP contribution in [0.25, 0.3) is 11.1 Å². The van der Waals surface area contributed by atoms with E-state index in [1.54, 1.807) is 18.7 Å². The maximum Gasteiger partial charge on any atom is 0.407 e. The lowest BCUT2D eigenvalue weighted by Gasteiger charge is -2.38. The fourth-order valence-corrected chi connectivity index (χ4v) is 6.51. The summed E-state index contributed by atoms with van der Waals surface area (Å²) in [6, 6.07) is 16.2. The molecule has 1 unspecified atom stereocenters. The predicted octanol–water partition coefficient (Wildman–Crippen LogP) is 4.71. The number of aromatic amines is 1. The van der Waals surface area contributed by atoms with E-state index in [2.05, 4.69) is 44.3 Å². The van der Waals surface area contributed by atoms with Gasteiger partial charge in [0.2, 0.25) is 5.91 Å². The number of benzene rings is 2. The monoisotopic (exact) mass is 628 g/mol. The van der Waals surface area contributed by atoms with Crippen LogP contribution in [-0.2, 0) is 16.1 Å². The molecule has 3 heterocycles. The summed E-state index contributed by atoms with van der Waals surface area (Å²) in [5, 5.41) is 16.1. The highest BCUT2D eigenvalue weighted by Gasteiger charge is 2.37. The number of amides is 3. The highest BCUT2D eigenvalue weighted by molar-refractivity contribution is 5.85. The van der Waals surface area contributed by atoms with Crippen molar-refractivity contribution in [1.82, 2.24) is 24.9 Å². The Morgan fingerprint density at radius 2 is 1.72 bits per heavy atom. The van der Waals surface area contributed by atoms with Crippen LogP contribution in [0, 0.1) is 11.8 Å². The first-order valence-electron chi connectivity index (χ1n) is 16.3. The molecule has 2 N–H and O–H groups in total. The van der Waals surface area contributed by atoms with E-state index >= 15 is 0 Å². The lowest BCUT2D eigenvalue weighted by Crippen LogP contribution is -2.56. The topological polar surface area (TPSA) is 122 Å². The predicted molar refractivity (Wildman–Crippen MR) is 174 cm³/mol. The molecular formula is C35H44N6O5. The van der Waals surface area contributed by atoms with E-state index < -0.39 is 11.7 Å². The average molecular weight is 629 g/mol. The number of H-pyrrole nitrogens is 1. The Balaban J connectivity index is 1.09. The number of anilines is 1. The fourth-order valence-electron chi connectivity index (χ4n) is 6.51. The molecule has 1 saturated carbocycles. The van der Waals surface area contributed by atoms with Crippen LogP contribution in [0.3, 0.4) is 0 Å². The number of rotatable bonds is 10. The van der Waals surface area contributed by atoms with Gasteiger partial charge in [-0.05, 0) is 68.7 Å². The summed E-state index contributed by atoms with van der Waals surface area (Å²) < 4.78 is 6.26. The highest BCUT2D eigenvalue weighted by Crippen LogP contribution is 2.33. The van der Waals surface area contributed by atoms with Gasteiger partial charge in [-0.15, -0.1) is 0 Å². The summed E-state index contributed by atoms with van der Waals surface area (Å²) in [7, 11) is 0. The number of carbonyl (C=O) groups is 3. The molecule has 0 spiro atoms. The first-order chi connectivity index (χ1) is 22.2. The van der Waals surface area contributed by atoms with Crippen LogP contribution in [0.4, 0.5) is 10.5 Å². The molecule has 11 nitrogen and oxygen atoms in total. The Labute approximate surface area is 270 Å². The number of carbonyl (C=O) groups excluding carboxylic acids is 2. The summed E-state index contributed by atoms with van der Waals surface area (Å²) in [5.74, 6) is 1.14. The average Bonchev–Trinajstić information content (AvgIpc) is 3.72. The van der Waals surface area contributed by atoms with Crippen LogP contribution in [0.1, 0.15) is 45.1 Å². The van der Waals surface area contributed by atoms with Gasteiger partial charge in [0.25, 0.3) is 5.91 Å². The van der Waals surface area contributed by atoms with Crippen LogP contribution in [-0.4, -0.2) is 99.3 Å². The van der Waals surface area contributed by atoms with Crippen LogP contribution >= 0.6 is 0 Å². The molecule has 2 aliphatic heterocycles. The van der Waals surface area contributed by atoms with Crippen molar-refractivity contribution in [3.63, 3.8) is 0 Å². The minimum Gasteiger partial charge on any atom is -0.478 e. The maximum absolute atomic E-state index is 14.0. The van der Waals surface area contributed by atoms with Gasteiger partial charge in [-0.25, -0.2) is 4.79 Å². The second-order valence-electron chi connectivity index (χ2n) is 13.3. The van der Waals surface area contributed by atoms with Gasteiger partial charge in [0, 0.05) is 75.9 Å². The molecular weight excluding hydrogens is 584 g/mol. The molecule has 3 fully saturated rings. The fraction of sp³-hybridized carbons (Fsp3) is 0.486. The molecule has 1 aliphatic carbocycles. The van der Waals surface area contributed by atoms with Crippen molar-refractivity contribution in [3.8, 4) is 16.9 Å². The molecule has 3 aromatic rings. The minimum atomic E-state index is -1.12.